The van der Waals surface area contributed by atoms with E-state index in [2.05, 4.69) is 61.4 Å². The largest absolute Gasteiger partial charge is 0.314 e. The van der Waals surface area contributed by atoms with Gasteiger partial charge < -0.3 is 5.32 Å². The van der Waals surface area contributed by atoms with Gasteiger partial charge >= 0.3 is 0 Å². The Morgan fingerprint density at radius 3 is 2.95 bits per heavy atom. The lowest BCUT2D eigenvalue weighted by molar-refractivity contribution is 0.595. The quantitative estimate of drug-likeness (QED) is 0.815. The summed E-state index contributed by atoms with van der Waals surface area (Å²) in [6.45, 7) is 7.54. The predicted molar refractivity (Wildman–Crippen MR) is 83.1 cm³/mol. The van der Waals surface area contributed by atoms with E-state index in [0.29, 0.717) is 6.04 Å². The fourth-order valence-corrected chi connectivity index (χ4v) is 2.09. The lowest BCUT2D eigenvalue weighted by Gasteiger charge is -2.07. The minimum atomic E-state index is 0.554. The SMILES string of the molecule is C/C(=C/CCNC(C)C)c1ccc2cccnc2c1. The Hall–Kier alpha value is -1.67. The maximum Gasteiger partial charge on any atom is 0.0708 e. The fourth-order valence-electron chi connectivity index (χ4n) is 2.09. The van der Waals surface area contributed by atoms with Crippen molar-refractivity contribution in [3.63, 3.8) is 0 Å². The summed E-state index contributed by atoms with van der Waals surface area (Å²) < 4.78 is 0. The van der Waals surface area contributed by atoms with Crippen LogP contribution in [0.25, 0.3) is 16.5 Å². The summed E-state index contributed by atoms with van der Waals surface area (Å²) in [4.78, 5) is 4.40. The molecule has 1 N–H and O–H groups in total. The number of nitrogens with zero attached hydrogens (tertiary/aromatic N) is 1. The number of nitrogens with one attached hydrogen (secondary N) is 1. The van der Waals surface area contributed by atoms with Gasteiger partial charge in [-0.2, -0.15) is 0 Å². The van der Waals surface area contributed by atoms with Crippen molar-refractivity contribution >= 4 is 16.5 Å². The molecule has 0 aliphatic carbocycles. The molecular formula is C17H22N2. The van der Waals surface area contributed by atoms with Gasteiger partial charge in [-0.05, 0) is 43.2 Å². The van der Waals surface area contributed by atoms with Gasteiger partial charge in [0.2, 0.25) is 0 Å². The number of aromatic nitrogens is 1. The third kappa shape index (κ3) is 3.90. The van der Waals surface area contributed by atoms with Gasteiger partial charge in [0, 0.05) is 17.6 Å². The normalized spacial score (nSPS) is 12.3. The maximum atomic E-state index is 4.40. The molecule has 2 nitrogen and oxygen atoms in total. The second-order valence-electron chi connectivity index (χ2n) is 5.20. The van der Waals surface area contributed by atoms with E-state index in [1.807, 2.05) is 12.3 Å². The van der Waals surface area contributed by atoms with Crippen LogP contribution in [0.15, 0.2) is 42.6 Å². The molecule has 100 valence electrons. The predicted octanol–water partition coefficient (Wildman–Crippen LogP) is 4.03. The average molecular weight is 254 g/mol. The first-order chi connectivity index (χ1) is 9.16. The first-order valence-electron chi connectivity index (χ1n) is 6.92. The monoisotopic (exact) mass is 254 g/mol. The summed E-state index contributed by atoms with van der Waals surface area (Å²) in [7, 11) is 0. The van der Waals surface area contributed by atoms with E-state index in [9.17, 15) is 0 Å². The average Bonchev–Trinajstić information content (AvgIpc) is 2.42. The van der Waals surface area contributed by atoms with Gasteiger partial charge in [0.05, 0.1) is 5.52 Å². The molecule has 0 aliphatic heterocycles. The summed E-state index contributed by atoms with van der Waals surface area (Å²) in [6.07, 6.45) is 5.20. The van der Waals surface area contributed by atoms with Crippen molar-refractivity contribution in [2.24, 2.45) is 0 Å². The molecule has 0 aliphatic rings. The molecule has 0 spiro atoms. The van der Waals surface area contributed by atoms with E-state index in [1.54, 1.807) is 0 Å². The Bertz CT molecular complexity index is 570. The van der Waals surface area contributed by atoms with Crippen molar-refractivity contribution < 1.29 is 0 Å². The van der Waals surface area contributed by atoms with Gasteiger partial charge in [-0.15, -0.1) is 0 Å². The third-order valence-electron chi connectivity index (χ3n) is 3.21. The van der Waals surface area contributed by atoms with Crippen LogP contribution in [0.3, 0.4) is 0 Å². The van der Waals surface area contributed by atoms with Crippen LogP contribution in [0, 0.1) is 0 Å². The van der Waals surface area contributed by atoms with Crippen molar-refractivity contribution in [3.8, 4) is 0 Å². The van der Waals surface area contributed by atoms with Crippen LogP contribution in [-0.4, -0.2) is 17.6 Å². The van der Waals surface area contributed by atoms with Crippen LogP contribution in [0.4, 0.5) is 0 Å². The standard InChI is InChI=1S/C17H22N2/c1-13(2)18-10-4-6-14(3)16-9-8-15-7-5-11-19-17(15)12-16/h5-9,11-13,18H,4,10H2,1-3H3/b14-6-. The highest BCUT2D eigenvalue weighted by atomic mass is 14.9. The fraction of sp³-hybridized carbons (Fsp3) is 0.353. The molecule has 0 amide bonds. The van der Waals surface area contributed by atoms with Crippen molar-refractivity contribution in [1.82, 2.24) is 10.3 Å². The second kappa shape index (κ2) is 6.48. The summed E-state index contributed by atoms with van der Waals surface area (Å²) in [5.41, 5.74) is 3.64. The molecule has 0 unspecified atom stereocenters. The molecule has 2 aromatic rings. The maximum absolute atomic E-state index is 4.40. The molecular weight excluding hydrogens is 232 g/mol. The van der Waals surface area contributed by atoms with Gasteiger partial charge in [-0.3, -0.25) is 4.98 Å². The highest BCUT2D eigenvalue weighted by Crippen LogP contribution is 2.19. The topological polar surface area (TPSA) is 24.9 Å². The summed E-state index contributed by atoms with van der Waals surface area (Å²) in [5, 5.41) is 4.62. The molecule has 1 aromatic carbocycles. The van der Waals surface area contributed by atoms with Gasteiger partial charge in [0.25, 0.3) is 0 Å². The third-order valence-corrected chi connectivity index (χ3v) is 3.21. The van der Waals surface area contributed by atoms with Crippen LogP contribution >= 0.6 is 0 Å². The van der Waals surface area contributed by atoms with E-state index >= 15 is 0 Å². The first-order valence-corrected chi connectivity index (χ1v) is 6.92. The number of pyridine rings is 1. The van der Waals surface area contributed by atoms with E-state index in [-0.39, 0.29) is 0 Å². The van der Waals surface area contributed by atoms with Gasteiger partial charge in [0.15, 0.2) is 0 Å². The Balaban J connectivity index is 2.08. The molecule has 19 heavy (non-hydrogen) atoms. The van der Waals surface area contributed by atoms with Gasteiger partial charge in [-0.1, -0.05) is 38.1 Å². The molecule has 2 heteroatoms. The molecule has 0 fully saturated rings. The lowest BCUT2D eigenvalue weighted by atomic mass is 10.0. The van der Waals surface area contributed by atoms with Crippen molar-refractivity contribution in [2.75, 3.05) is 6.54 Å². The van der Waals surface area contributed by atoms with Crippen LogP contribution in [-0.2, 0) is 0 Å². The molecule has 0 radical (unpaired) electrons. The minimum Gasteiger partial charge on any atom is -0.314 e. The zero-order chi connectivity index (χ0) is 13.7. The molecule has 1 aromatic heterocycles. The number of fused-ring (bicyclic) bond motifs is 1. The Kier molecular flexibility index (Phi) is 4.69. The van der Waals surface area contributed by atoms with E-state index in [1.165, 1.54) is 16.5 Å². The van der Waals surface area contributed by atoms with E-state index in [4.69, 9.17) is 0 Å². The zero-order valence-electron chi connectivity index (χ0n) is 12.0. The number of hydrogen-bond donors (Lipinski definition) is 1. The Morgan fingerprint density at radius 1 is 1.32 bits per heavy atom. The molecule has 0 saturated carbocycles. The zero-order valence-corrected chi connectivity index (χ0v) is 12.0. The van der Waals surface area contributed by atoms with Crippen LogP contribution in [0.2, 0.25) is 0 Å². The number of benzene rings is 1. The highest BCUT2D eigenvalue weighted by molar-refractivity contribution is 5.82. The number of rotatable bonds is 5. The van der Waals surface area contributed by atoms with Crippen molar-refractivity contribution in [3.05, 3.63) is 48.2 Å². The van der Waals surface area contributed by atoms with E-state index in [0.717, 1.165) is 18.5 Å². The highest BCUT2D eigenvalue weighted by Gasteiger charge is 1.99. The summed E-state index contributed by atoms with van der Waals surface area (Å²) in [5.74, 6) is 0. The summed E-state index contributed by atoms with van der Waals surface area (Å²) in [6, 6.07) is 11.1. The van der Waals surface area contributed by atoms with Gasteiger partial charge in [-0.25, -0.2) is 0 Å². The molecule has 2 rings (SSSR count). The number of allylic oxidation sites excluding steroid dienone is 1. The first kappa shape index (κ1) is 13.8. The van der Waals surface area contributed by atoms with E-state index < -0.39 is 0 Å². The van der Waals surface area contributed by atoms with Crippen molar-refractivity contribution in [2.45, 2.75) is 33.2 Å². The molecule has 0 saturated heterocycles. The van der Waals surface area contributed by atoms with Gasteiger partial charge in [0.1, 0.15) is 0 Å². The Morgan fingerprint density at radius 2 is 2.16 bits per heavy atom. The van der Waals surface area contributed by atoms with Crippen LogP contribution in [0.1, 0.15) is 32.8 Å². The second-order valence-corrected chi connectivity index (χ2v) is 5.20. The molecule has 1 heterocycles. The van der Waals surface area contributed by atoms with Crippen molar-refractivity contribution in [1.29, 1.82) is 0 Å². The van der Waals surface area contributed by atoms with Crippen LogP contribution < -0.4 is 5.32 Å². The summed E-state index contributed by atoms with van der Waals surface area (Å²) >= 11 is 0. The smallest absolute Gasteiger partial charge is 0.0708 e. The lowest BCUT2D eigenvalue weighted by Crippen LogP contribution is -2.23. The number of hydrogen-bond acceptors (Lipinski definition) is 2. The Labute approximate surface area is 115 Å². The minimum absolute atomic E-state index is 0.554. The molecule has 0 bridgehead atoms. The van der Waals surface area contributed by atoms with Crippen LogP contribution in [0.5, 0.6) is 0 Å². The molecule has 0 atom stereocenters.